The molecule has 0 fully saturated rings. The highest BCUT2D eigenvalue weighted by Crippen LogP contribution is 2.23. The summed E-state index contributed by atoms with van der Waals surface area (Å²) in [7, 11) is -3.75. The van der Waals surface area contributed by atoms with E-state index in [1.54, 1.807) is 20.8 Å². The first-order valence-electron chi connectivity index (χ1n) is 10.5. The molecule has 1 heterocycles. The Labute approximate surface area is 192 Å². The summed E-state index contributed by atoms with van der Waals surface area (Å²) in [4.78, 5) is 25.8. The molecule has 33 heavy (non-hydrogen) atoms. The first-order valence-corrected chi connectivity index (χ1v) is 12.2. The first-order chi connectivity index (χ1) is 15.3. The number of fused-ring (bicyclic) bond motifs is 1. The number of nitrogens with one attached hydrogen (secondary N) is 2. The van der Waals surface area contributed by atoms with Gasteiger partial charge >= 0.3 is 0 Å². The zero-order chi connectivity index (χ0) is 24.8. The molecule has 0 saturated carbocycles. The summed E-state index contributed by atoms with van der Waals surface area (Å²) in [6, 6.07) is 5.02. The van der Waals surface area contributed by atoms with Gasteiger partial charge in [0, 0.05) is 24.9 Å². The Morgan fingerprint density at radius 1 is 1.30 bits per heavy atom. The molecule has 0 aliphatic rings. The van der Waals surface area contributed by atoms with Crippen molar-refractivity contribution in [3.05, 3.63) is 29.7 Å². The molecule has 0 bridgehead atoms. The van der Waals surface area contributed by atoms with E-state index in [1.807, 2.05) is 0 Å². The predicted molar refractivity (Wildman–Crippen MR) is 121 cm³/mol. The second kappa shape index (κ2) is 10.7. The molecule has 0 aliphatic heterocycles. The second-order valence-electron chi connectivity index (χ2n) is 8.78. The fraction of sp³-hybridized carbons (Fsp3) is 0.524. The Hall–Kier alpha value is -3.04. The first kappa shape index (κ1) is 26.2. The molecule has 0 saturated heterocycles. The number of aryl methyl sites for hydroxylation is 1. The number of amides is 2. The summed E-state index contributed by atoms with van der Waals surface area (Å²) < 4.78 is 37.6. The number of hydrogen-bond donors (Lipinski definition) is 3. The van der Waals surface area contributed by atoms with Crippen molar-refractivity contribution in [2.24, 2.45) is 10.6 Å². The quantitative estimate of drug-likeness (QED) is 0.436. The average Bonchev–Trinajstić information content (AvgIpc) is 3.05. The standard InChI is InChI=1S/C21H29FN6O4S/c1-21(2,3)18(20(30)25-10-12-33(24,31)32)26-19(29)17-15-8-7-14(22)13-16(15)28(27-17)11-6-4-5-9-23/h7-8,13,18H,4-6,10-12H2,1-3H3,(H,25,30)(H,26,29)(H2,24,31,32). The van der Waals surface area contributed by atoms with Crippen molar-refractivity contribution in [1.82, 2.24) is 20.4 Å². The van der Waals surface area contributed by atoms with E-state index in [9.17, 15) is 22.4 Å². The topological polar surface area (TPSA) is 160 Å². The molecule has 1 aromatic heterocycles. The van der Waals surface area contributed by atoms with Gasteiger partial charge in [-0.1, -0.05) is 20.8 Å². The minimum atomic E-state index is -3.75. The van der Waals surface area contributed by atoms with Gasteiger partial charge in [-0.3, -0.25) is 14.3 Å². The Morgan fingerprint density at radius 3 is 2.61 bits per heavy atom. The van der Waals surface area contributed by atoms with Crippen LogP contribution in [0.5, 0.6) is 0 Å². The number of nitriles is 1. The molecule has 2 aromatic rings. The third-order valence-electron chi connectivity index (χ3n) is 4.93. The monoisotopic (exact) mass is 480 g/mol. The summed E-state index contributed by atoms with van der Waals surface area (Å²) in [6.45, 7) is 5.45. The van der Waals surface area contributed by atoms with Crippen molar-refractivity contribution in [3.63, 3.8) is 0 Å². The lowest BCUT2D eigenvalue weighted by molar-refractivity contribution is -0.125. The number of aromatic nitrogens is 2. The van der Waals surface area contributed by atoms with E-state index in [-0.39, 0.29) is 12.2 Å². The van der Waals surface area contributed by atoms with E-state index in [1.165, 1.54) is 22.9 Å². The van der Waals surface area contributed by atoms with Crippen LogP contribution < -0.4 is 15.8 Å². The summed E-state index contributed by atoms with van der Waals surface area (Å²) in [5, 5.41) is 23.6. The number of sulfonamides is 1. The fourth-order valence-electron chi connectivity index (χ4n) is 3.24. The molecule has 180 valence electrons. The Bertz CT molecular complexity index is 1160. The van der Waals surface area contributed by atoms with Gasteiger partial charge in [0.05, 0.1) is 17.3 Å². The molecular formula is C21H29FN6O4S. The van der Waals surface area contributed by atoms with E-state index in [4.69, 9.17) is 10.4 Å². The Balaban J connectivity index is 2.27. The molecule has 10 nitrogen and oxygen atoms in total. The smallest absolute Gasteiger partial charge is 0.273 e. The van der Waals surface area contributed by atoms with Crippen LogP contribution in [0.15, 0.2) is 18.2 Å². The average molecular weight is 481 g/mol. The molecule has 4 N–H and O–H groups in total. The number of unbranched alkanes of at least 4 members (excludes halogenated alkanes) is 2. The van der Waals surface area contributed by atoms with Crippen molar-refractivity contribution in [2.45, 2.75) is 52.6 Å². The van der Waals surface area contributed by atoms with E-state index in [0.29, 0.717) is 36.7 Å². The van der Waals surface area contributed by atoms with Crippen LogP contribution in [0.3, 0.4) is 0 Å². The van der Waals surface area contributed by atoms with Gasteiger partial charge in [0.1, 0.15) is 11.9 Å². The van der Waals surface area contributed by atoms with Crippen LogP contribution in [0, 0.1) is 22.6 Å². The molecule has 1 aromatic carbocycles. The largest absolute Gasteiger partial charge is 0.353 e. The molecule has 0 radical (unpaired) electrons. The highest BCUT2D eigenvalue weighted by Gasteiger charge is 2.34. The van der Waals surface area contributed by atoms with Gasteiger partial charge in [-0.15, -0.1) is 0 Å². The number of primary sulfonamides is 1. The van der Waals surface area contributed by atoms with E-state index in [2.05, 4.69) is 21.8 Å². The summed E-state index contributed by atoms with van der Waals surface area (Å²) >= 11 is 0. The third-order valence-corrected chi connectivity index (χ3v) is 5.70. The lowest BCUT2D eigenvalue weighted by Gasteiger charge is -2.30. The van der Waals surface area contributed by atoms with Crippen LogP contribution in [0.2, 0.25) is 0 Å². The van der Waals surface area contributed by atoms with Gasteiger partial charge in [0.2, 0.25) is 15.9 Å². The van der Waals surface area contributed by atoms with Gasteiger partial charge in [-0.2, -0.15) is 10.4 Å². The number of nitrogens with two attached hydrogens (primary N) is 1. The van der Waals surface area contributed by atoms with Crippen molar-refractivity contribution in [3.8, 4) is 6.07 Å². The van der Waals surface area contributed by atoms with Crippen LogP contribution >= 0.6 is 0 Å². The highest BCUT2D eigenvalue weighted by atomic mass is 32.2. The molecule has 2 amide bonds. The highest BCUT2D eigenvalue weighted by molar-refractivity contribution is 7.89. The second-order valence-corrected chi connectivity index (χ2v) is 10.5. The molecule has 1 atom stereocenters. The minimum absolute atomic E-state index is 0.0388. The molecule has 1 unspecified atom stereocenters. The van der Waals surface area contributed by atoms with Gasteiger partial charge in [-0.05, 0) is 36.5 Å². The van der Waals surface area contributed by atoms with Crippen molar-refractivity contribution >= 4 is 32.7 Å². The van der Waals surface area contributed by atoms with E-state index in [0.717, 1.165) is 0 Å². The van der Waals surface area contributed by atoms with Crippen LogP contribution in [-0.2, 0) is 21.4 Å². The normalized spacial score (nSPS) is 12.8. The van der Waals surface area contributed by atoms with Crippen LogP contribution in [0.1, 0.15) is 50.5 Å². The SMILES string of the molecule is CC(C)(C)C(NC(=O)c1nn(CCCCC#N)c2cc(F)ccc12)C(=O)NCCS(N)(=O)=O. The summed E-state index contributed by atoms with van der Waals surface area (Å²) in [5.41, 5.74) is -0.234. The number of halogens is 1. The molecular weight excluding hydrogens is 451 g/mol. The Kier molecular flexibility index (Phi) is 8.51. The number of hydrogen-bond acceptors (Lipinski definition) is 6. The van der Waals surface area contributed by atoms with Crippen molar-refractivity contribution in [1.29, 1.82) is 5.26 Å². The number of rotatable bonds is 10. The van der Waals surface area contributed by atoms with Crippen molar-refractivity contribution in [2.75, 3.05) is 12.3 Å². The van der Waals surface area contributed by atoms with E-state index >= 15 is 0 Å². The van der Waals surface area contributed by atoms with E-state index < -0.39 is 44.9 Å². The van der Waals surface area contributed by atoms with Crippen LogP contribution in [0.4, 0.5) is 4.39 Å². The third kappa shape index (κ3) is 7.50. The zero-order valence-electron chi connectivity index (χ0n) is 18.9. The van der Waals surface area contributed by atoms with Crippen LogP contribution in [-0.4, -0.2) is 48.4 Å². The number of carbonyl (C=O) groups is 2. The number of carbonyl (C=O) groups excluding carboxylic acids is 2. The zero-order valence-corrected chi connectivity index (χ0v) is 19.7. The van der Waals surface area contributed by atoms with Gasteiger partial charge in [-0.25, -0.2) is 17.9 Å². The minimum Gasteiger partial charge on any atom is -0.353 e. The predicted octanol–water partition coefficient (Wildman–Crippen LogP) is 1.42. The van der Waals surface area contributed by atoms with Gasteiger partial charge in [0.15, 0.2) is 5.69 Å². The molecule has 2 rings (SSSR count). The van der Waals surface area contributed by atoms with Gasteiger partial charge < -0.3 is 10.6 Å². The van der Waals surface area contributed by atoms with Crippen molar-refractivity contribution < 1.29 is 22.4 Å². The molecule has 0 aliphatic carbocycles. The molecule has 0 spiro atoms. The van der Waals surface area contributed by atoms with Gasteiger partial charge in [0.25, 0.3) is 5.91 Å². The van der Waals surface area contributed by atoms with Crippen LogP contribution in [0.25, 0.3) is 10.9 Å². The lowest BCUT2D eigenvalue weighted by atomic mass is 9.86. The lowest BCUT2D eigenvalue weighted by Crippen LogP contribution is -2.54. The Morgan fingerprint density at radius 2 is 2.00 bits per heavy atom. The maximum atomic E-state index is 13.9. The summed E-state index contributed by atoms with van der Waals surface area (Å²) in [6.07, 6.45) is 1.65. The maximum Gasteiger partial charge on any atom is 0.273 e. The summed E-state index contributed by atoms with van der Waals surface area (Å²) in [5.74, 6) is -2.10. The fourth-order valence-corrected chi connectivity index (χ4v) is 3.63. The molecule has 12 heteroatoms. The number of nitrogens with zero attached hydrogens (tertiary/aromatic N) is 3. The maximum absolute atomic E-state index is 13.9. The number of benzene rings is 1.